The lowest BCUT2D eigenvalue weighted by molar-refractivity contribution is 0.0946. The van der Waals surface area contributed by atoms with Crippen LogP contribution in [0, 0.1) is 5.82 Å². The fraction of sp³-hybridized carbons (Fsp3) is 0.316. The molecule has 2 aromatic rings. The van der Waals surface area contributed by atoms with E-state index in [9.17, 15) is 17.6 Å². The molecule has 144 valence electrons. The Bertz CT molecular complexity index is 944. The zero-order valence-corrected chi connectivity index (χ0v) is 17.0. The summed E-state index contributed by atoms with van der Waals surface area (Å²) in [4.78, 5) is 12.5. The first-order chi connectivity index (χ1) is 12.9. The van der Waals surface area contributed by atoms with Crippen LogP contribution in [0.15, 0.2) is 51.8 Å². The van der Waals surface area contributed by atoms with Crippen molar-refractivity contribution in [1.29, 1.82) is 0 Å². The summed E-state index contributed by atoms with van der Waals surface area (Å²) in [7, 11) is -3.62. The molecule has 5 nitrogen and oxygen atoms in total. The zero-order valence-electron chi connectivity index (χ0n) is 14.6. The lowest BCUT2D eigenvalue weighted by atomic mass is 10.2. The molecule has 0 aliphatic carbocycles. The number of carbonyl (C=O) groups excluding carboxylic acids is 1. The number of amides is 1. The highest BCUT2D eigenvalue weighted by atomic mass is 79.9. The molecule has 1 N–H and O–H groups in total. The highest BCUT2D eigenvalue weighted by molar-refractivity contribution is 9.10. The van der Waals surface area contributed by atoms with Crippen LogP contribution in [-0.2, 0) is 16.6 Å². The van der Waals surface area contributed by atoms with Crippen LogP contribution in [0.3, 0.4) is 0 Å². The summed E-state index contributed by atoms with van der Waals surface area (Å²) in [6.45, 7) is 1.01. The first-order valence-corrected chi connectivity index (χ1v) is 10.9. The number of carbonyl (C=O) groups is 1. The van der Waals surface area contributed by atoms with Crippen molar-refractivity contribution >= 4 is 31.9 Å². The number of rotatable bonds is 5. The third-order valence-electron chi connectivity index (χ3n) is 4.52. The van der Waals surface area contributed by atoms with Crippen LogP contribution in [0.25, 0.3) is 0 Å². The van der Waals surface area contributed by atoms with E-state index in [1.807, 2.05) is 0 Å². The Morgan fingerprint density at radius 3 is 2.56 bits per heavy atom. The Morgan fingerprint density at radius 2 is 1.81 bits per heavy atom. The second kappa shape index (κ2) is 8.50. The molecule has 0 aromatic heterocycles. The van der Waals surface area contributed by atoms with Crippen molar-refractivity contribution in [3.05, 3.63) is 63.9 Å². The van der Waals surface area contributed by atoms with E-state index in [4.69, 9.17) is 0 Å². The number of halogens is 2. The van der Waals surface area contributed by atoms with Crippen LogP contribution < -0.4 is 5.32 Å². The summed E-state index contributed by atoms with van der Waals surface area (Å²) in [5.74, 6) is -1.23. The predicted molar refractivity (Wildman–Crippen MR) is 104 cm³/mol. The van der Waals surface area contributed by atoms with Crippen molar-refractivity contribution in [2.45, 2.75) is 30.7 Å². The van der Waals surface area contributed by atoms with Crippen LogP contribution in [0.1, 0.15) is 35.2 Å². The van der Waals surface area contributed by atoms with Crippen molar-refractivity contribution < 1.29 is 17.6 Å². The van der Waals surface area contributed by atoms with Gasteiger partial charge in [-0.15, -0.1) is 0 Å². The molecule has 1 amide bonds. The van der Waals surface area contributed by atoms with Crippen LogP contribution in [0.4, 0.5) is 4.39 Å². The van der Waals surface area contributed by atoms with E-state index in [0.717, 1.165) is 19.3 Å². The molecule has 0 spiro atoms. The SMILES string of the molecule is O=C(NCc1ccccc1S(=O)(=O)N1CCCCC1)c1cc(Br)ccc1F. The molecular formula is C19H20BrFN2O3S. The Kier molecular flexibility index (Phi) is 6.29. The average molecular weight is 455 g/mol. The standard InChI is InChI=1S/C19H20BrFN2O3S/c20-15-8-9-17(21)16(12-15)19(24)22-13-14-6-2-3-7-18(14)27(25,26)23-10-4-1-5-11-23/h2-3,6-9,12H,1,4-5,10-11,13H2,(H,22,24). The average Bonchev–Trinajstić information content (AvgIpc) is 2.69. The van der Waals surface area contributed by atoms with E-state index in [1.165, 1.54) is 22.5 Å². The maximum atomic E-state index is 13.9. The molecule has 0 unspecified atom stereocenters. The van der Waals surface area contributed by atoms with Gasteiger partial charge in [-0.25, -0.2) is 12.8 Å². The van der Waals surface area contributed by atoms with Crippen molar-refractivity contribution in [3.63, 3.8) is 0 Å². The van der Waals surface area contributed by atoms with Gasteiger partial charge >= 0.3 is 0 Å². The first-order valence-electron chi connectivity index (χ1n) is 8.71. The third kappa shape index (κ3) is 4.56. The Hall–Kier alpha value is -1.77. The van der Waals surface area contributed by atoms with Gasteiger partial charge in [0.25, 0.3) is 5.91 Å². The smallest absolute Gasteiger partial charge is 0.254 e. The van der Waals surface area contributed by atoms with Crippen LogP contribution in [0.2, 0.25) is 0 Å². The van der Waals surface area contributed by atoms with Crippen molar-refractivity contribution in [1.82, 2.24) is 9.62 Å². The molecule has 2 aromatic carbocycles. The number of benzene rings is 2. The molecule has 3 rings (SSSR count). The number of piperidine rings is 1. The predicted octanol–water partition coefficient (Wildman–Crippen LogP) is 3.69. The lowest BCUT2D eigenvalue weighted by Crippen LogP contribution is -2.36. The molecule has 0 radical (unpaired) electrons. The van der Waals surface area contributed by atoms with Crippen LogP contribution in [0.5, 0.6) is 0 Å². The molecule has 1 saturated heterocycles. The lowest BCUT2D eigenvalue weighted by Gasteiger charge is -2.26. The van der Waals surface area contributed by atoms with Gasteiger partial charge in [-0.2, -0.15) is 4.31 Å². The van der Waals surface area contributed by atoms with Crippen molar-refractivity contribution in [2.75, 3.05) is 13.1 Å². The second-order valence-electron chi connectivity index (χ2n) is 6.38. The molecule has 0 saturated carbocycles. The van der Waals surface area contributed by atoms with Gasteiger partial charge in [0.2, 0.25) is 10.0 Å². The van der Waals surface area contributed by atoms with Gasteiger partial charge in [-0.05, 0) is 42.7 Å². The van der Waals surface area contributed by atoms with Crippen molar-refractivity contribution in [3.8, 4) is 0 Å². The van der Waals surface area contributed by atoms with Gasteiger partial charge in [0.15, 0.2) is 0 Å². The molecule has 0 atom stereocenters. The van der Waals surface area contributed by atoms with E-state index in [1.54, 1.807) is 24.3 Å². The maximum Gasteiger partial charge on any atom is 0.254 e. The summed E-state index contributed by atoms with van der Waals surface area (Å²) in [6, 6.07) is 10.7. The zero-order chi connectivity index (χ0) is 19.4. The monoisotopic (exact) mass is 454 g/mol. The Morgan fingerprint density at radius 1 is 1.11 bits per heavy atom. The van der Waals surface area contributed by atoms with E-state index in [0.29, 0.717) is 23.1 Å². The van der Waals surface area contributed by atoms with Gasteiger partial charge in [-0.3, -0.25) is 4.79 Å². The minimum absolute atomic E-state index is 0.00592. The van der Waals surface area contributed by atoms with Gasteiger partial charge in [0.05, 0.1) is 10.5 Å². The highest BCUT2D eigenvalue weighted by Crippen LogP contribution is 2.24. The van der Waals surface area contributed by atoms with E-state index in [2.05, 4.69) is 21.2 Å². The van der Waals surface area contributed by atoms with E-state index >= 15 is 0 Å². The molecule has 1 aliphatic rings. The number of nitrogens with one attached hydrogen (secondary N) is 1. The minimum Gasteiger partial charge on any atom is -0.348 e. The van der Waals surface area contributed by atoms with Gasteiger partial charge < -0.3 is 5.32 Å². The number of hydrogen-bond acceptors (Lipinski definition) is 3. The number of sulfonamides is 1. The van der Waals surface area contributed by atoms with Gasteiger partial charge in [0, 0.05) is 24.1 Å². The first kappa shape index (κ1) is 20.0. The third-order valence-corrected chi connectivity index (χ3v) is 7.01. The molecular weight excluding hydrogens is 435 g/mol. The molecule has 1 fully saturated rings. The molecule has 1 aliphatic heterocycles. The summed E-state index contributed by atoms with van der Waals surface area (Å²) < 4.78 is 41.9. The molecule has 1 heterocycles. The Balaban J connectivity index is 1.80. The quantitative estimate of drug-likeness (QED) is 0.748. The fourth-order valence-corrected chi connectivity index (χ4v) is 5.19. The largest absolute Gasteiger partial charge is 0.348 e. The fourth-order valence-electron chi connectivity index (χ4n) is 3.09. The van der Waals surface area contributed by atoms with Crippen LogP contribution >= 0.6 is 15.9 Å². The summed E-state index contributed by atoms with van der Waals surface area (Å²) >= 11 is 3.21. The van der Waals surface area contributed by atoms with Gasteiger partial charge in [0.1, 0.15) is 5.82 Å². The molecule has 27 heavy (non-hydrogen) atoms. The summed E-state index contributed by atoms with van der Waals surface area (Å²) in [6.07, 6.45) is 2.72. The topological polar surface area (TPSA) is 66.5 Å². The second-order valence-corrected chi connectivity index (χ2v) is 9.20. The number of hydrogen-bond donors (Lipinski definition) is 1. The Labute approximate surface area is 166 Å². The number of nitrogens with zero attached hydrogens (tertiary/aromatic N) is 1. The normalized spacial score (nSPS) is 15.5. The highest BCUT2D eigenvalue weighted by Gasteiger charge is 2.28. The van der Waals surface area contributed by atoms with E-state index < -0.39 is 21.7 Å². The van der Waals surface area contributed by atoms with Crippen LogP contribution in [-0.4, -0.2) is 31.7 Å². The summed E-state index contributed by atoms with van der Waals surface area (Å²) in [5, 5.41) is 2.62. The molecule has 0 bridgehead atoms. The van der Waals surface area contributed by atoms with Gasteiger partial charge in [-0.1, -0.05) is 40.5 Å². The molecule has 8 heteroatoms. The summed E-state index contributed by atoms with van der Waals surface area (Å²) in [5.41, 5.74) is 0.382. The minimum atomic E-state index is -3.62. The van der Waals surface area contributed by atoms with E-state index in [-0.39, 0.29) is 17.0 Å². The van der Waals surface area contributed by atoms with Crippen molar-refractivity contribution in [2.24, 2.45) is 0 Å². The maximum absolute atomic E-state index is 13.9.